The van der Waals surface area contributed by atoms with Gasteiger partial charge >= 0.3 is 0 Å². The number of hydrogen-bond donors (Lipinski definition) is 0. The number of nitrogens with zero attached hydrogens (tertiary/aromatic N) is 5. The summed E-state index contributed by atoms with van der Waals surface area (Å²) in [7, 11) is 1.66. The molecule has 0 saturated heterocycles. The predicted octanol–water partition coefficient (Wildman–Crippen LogP) is 3.36. The largest absolute Gasteiger partial charge is 0.497 e. The highest BCUT2D eigenvalue weighted by Gasteiger charge is 2.11. The Morgan fingerprint density at radius 3 is 2.59 bits per heavy atom. The Morgan fingerprint density at radius 2 is 1.78 bits per heavy atom. The maximum absolute atomic E-state index is 5.92. The summed E-state index contributed by atoms with van der Waals surface area (Å²) in [6.07, 6.45) is 2.68. The van der Waals surface area contributed by atoms with E-state index in [1.165, 1.54) is 5.56 Å². The fourth-order valence-corrected chi connectivity index (χ4v) is 2.84. The molecule has 0 bridgehead atoms. The van der Waals surface area contributed by atoms with Crippen LogP contribution in [0, 0.1) is 0 Å². The first-order valence-corrected chi connectivity index (χ1v) is 8.70. The average Bonchev–Trinajstić information content (AvgIpc) is 3.20. The number of hydrogen-bond acceptors (Lipinski definition) is 6. The molecule has 0 aliphatic heterocycles. The van der Waals surface area contributed by atoms with Gasteiger partial charge in [-0.15, -0.1) is 5.10 Å². The van der Waals surface area contributed by atoms with E-state index in [9.17, 15) is 0 Å². The van der Waals surface area contributed by atoms with E-state index < -0.39 is 0 Å². The van der Waals surface area contributed by atoms with Crippen LogP contribution in [0.1, 0.15) is 18.3 Å². The SMILES string of the molecule is CCc1ccnc(-n2nnnc2COc2ccc3ccc(OC)cc3c2)c1. The molecule has 0 aliphatic carbocycles. The van der Waals surface area contributed by atoms with Gasteiger partial charge in [0, 0.05) is 6.20 Å². The molecular weight excluding hydrogens is 342 g/mol. The zero-order chi connectivity index (χ0) is 18.6. The molecule has 2 heterocycles. The highest BCUT2D eigenvalue weighted by molar-refractivity contribution is 5.85. The summed E-state index contributed by atoms with van der Waals surface area (Å²) < 4.78 is 12.8. The van der Waals surface area contributed by atoms with Crippen LogP contribution in [-0.2, 0) is 13.0 Å². The second kappa shape index (κ2) is 7.41. The second-order valence-electron chi connectivity index (χ2n) is 6.05. The lowest BCUT2D eigenvalue weighted by Crippen LogP contribution is -2.08. The average molecular weight is 361 g/mol. The number of fused-ring (bicyclic) bond motifs is 1. The fourth-order valence-electron chi connectivity index (χ4n) is 2.84. The number of tetrazole rings is 1. The van der Waals surface area contributed by atoms with E-state index in [1.807, 2.05) is 48.5 Å². The van der Waals surface area contributed by atoms with Crippen LogP contribution < -0.4 is 9.47 Å². The number of pyridine rings is 1. The molecule has 2 aromatic carbocycles. The highest BCUT2D eigenvalue weighted by atomic mass is 16.5. The van der Waals surface area contributed by atoms with Gasteiger partial charge in [-0.2, -0.15) is 4.68 Å². The quantitative estimate of drug-likeness (QED) is 0.524. The lowest BCUT2D eigenvalue weighted by atomic mass is 10.1. The maximum Gasteiger partial charge on any atom is 0.195 e. The highest BCUT2D eigenvalue weighted by Crippen LogP contribution is 2.25. The van der Waals surface area contributed by atoms with Crippen LogP contribution in [0.4, 0.5) is 0 Å². The molecule has 0 N–H and O–H groups in total. The second-order valence-corrected chi connectivity index (χ2v) is 6.05. The number of ether oxygens (including phenoxy) is 2. The van der Waals surface area contributed by atoms with Crippen LogP contribution in [-0.4, -0.2) is 32.3 Å². The van der Waals surface area contributed by atoms with E-state index in [-0.39, 0.29) is 6.61 Å². The molecule has 0 aliphatic rings. The number of aryl methyl sites for hydroxylation is 1. The van der Waals surface area contributed by atoms with Gasteiger partial charge in [-0.25, -0.2) is 4.98 Å². The van der Waals surface area contributed by atoms with Crippen molar-refractivity contribution >= 4 is 10.8 Å². The fraction of sp³-hybridized carbons (Fsp3) is 0.200. The van der Waals surface area contributed by atoms with Gasteiger partial charge in [0.1, 0.15) is 18.1 Å². The third-order valence-electron chi connectivity index (χ3n) is 4.36. The molecule has 0 fully saturated rings. The van der Waals surface area contributed by atoms with Crippen molar-refractivity contribution in [3.63, 3.8) is 0 Å². The van der Waals surface area contributed by atoms with Crippen LogP contribution in [0.2, 0.25) is 0 Å². The Morgan fingerprint density at radius 1 is 0.963 bits per heavy atom. The minimum Gasteiger partial charge on any atom is -0.497 e. The topological polar surface area (TPSA) is 75.0 Å². The van der Waals surface area contributed by atoms with Crippen molar-refractivity contribution in [3.8, 4) is 17.3 Å². The van der Waals surface area contributed by atoms with E-state index in [4.69, 9.17) is 9.47 Å². The molecule has 0 spiro atoms. The molecule has 2 aromatic heterocycles. The summed E-state index contributed by atoms with van der Waals surface area (Å²) in [6, 6.07) is 15.8. The molecule has 136 valence electrons. The van der Waals surface area contributed by atoms with E-state index in [0.717, 1.165) is 28.7 Å². The number of rotatable bonds is 6. The molecule has 7 heteroatoms. The summed E-state index contributed by atoms with van der Waals surface area (Å²) in [5.41, 5.74) is 1.17. The van der Waals surface area contributed by atoms with Crippen LogP contribution in [0.15, 0.2) is 54.7 Å². The number of methoxy groups -OCH3 is 1. The number of aromatic nitrogens is 5. The molecule has 0 radical (unpaired) electrons. The Bertz CT molecular complexity index is 1080. The monoisotopic (exact) mass is 361 g/mol. The lowest BCUT2D eigenvalue weighted by Gasteiger charge is -2.09. The van der Waals surface area contributed by atoms with Crippen molar-refractivity contribution in [1.29, 1.82) is 0 Å². The molecule has 4 rings (SSSR count). The van der Waals surface area contributed by atoms with Crippen LogP contribution >= 0.6 is 0 Å². The van der Waals surface area contributed by atoms with Crippen molar-refractivity contribution < 1.29 is 9.47 Å². The smallest absolute Gasteiger partial charge is 0.195 e. The van der Waals surface area contributed by atoms with Crippen molar-refractivity contribution in [1.82, 2.24) is 25.2 Å². The van der Waals surface area contributed by atoms with Gasteiger partial charge in [-0.3, -0.25) is 0 Å². The molecule has 4 aromatic rings. The zero-order valence-electron chi connectivity index (χ0n) is 15.2. The van der Waals surface area contributed by atoms with Crippen molar-refractivity contribution in [3.05, 3.63) is 66.1 Å². The lowest BCUT2D eigenvalue weighted by molar-refractivity contribution is 0.292. The normalized spacial score (nSPS) is 10.9. The molecule has 0 amide bonds. The van der Waals surface area contributed by atoms with Gasteiger partial charge in [0.05, 0.1) is 7.11 Å². The van der Waals surface area contributed by atoms with Crippen molar-refractivity contribution in [2.24, 2.45) is 0 Å². The van der Waals surface area contributed by atoms with Gasteiger partial charge in [0.15, 0.2) is 11.6 Å². The van der Waals surface area contributed by atoms with Gasteiger partial charge in [0.2, 0.25) is 0 Å². The molecule has 27 heavy (non-hydrogen) atoms. The zero-order valence-corrected chi connectivity index (χ0v) is 15.2. The first-order chi connectivity index (χ1) is 13.3. The van der Waals surface area contributed by atoms with Gasteiger partial charge in [-0.05, 0) is 69.6 Å². The third-order valence-corrected chi connectivity index (χ3v) is 4.36. The van der Waals surface area contributed by atoms with E-state index in [2.05, 4.69) is 27.4 Å². The van der Waals surface area contributed by atoms with Crippen LogP contribution in [0.25, 0.3) is 16.6 Å². The summed E-state index contributed by atoms with van der Waals surface area (Å²) >= 11 is 0. The van der Waals surface area contributed by atoms with Crippen molar-refractivity contribution in [2.45, 2.75) is 20.0 Å². The molecule has 0 unspecified atom stereocenters. The Labute approximate surface area is 156 Å². The Kier molecular flexibility index (Phi) is 4.65. The minimum absolute atomic E-state index is 0.237. The third kappa shape index (κ3) is 3.57. The molecule has 0 saturated carbocycles. The molecule has 7 nitrogen and oxygen atoms in total. The summed E-state index contributed by atoms with van der Waals surface area (Å²) in [4.78, 5) is 4.36. The summed E-state index contributed by atoms with van der Waals surface area (Å²) in [5, 5.41) is 14.0. The van der Waals surface area contributed by atoms with Gasteiger partial charge in [-0.1, -0.05) is 19.1 Å². The van der Waals surface area contributed by atoms with E-state index >= 15 is 0 Å². The molecular formula is C20H19N5O2. The van der Waals surface area contributed by atoms with Crippen LogP contribution in [0.3, 0.4) is 0 Å². The maximum atomic E-state index is 5.92. The van der Waals surface area contributed by atoms with Gasteiger partial charge in [0.25, 0.3) is 0 Å². The van der Waals surface area contributed by atoms with Gasteiger partial charge < -0.3 is 9.47 Å². The predicted molar refractivity (Wildman–Crippen MR) is 101 cm³/mol. The first-order valence-electron chi connectivity index (χ1n) is 8.70. The van der Waals surface area contributed by atoms with Crippen molar-refractivity contribution in [2.75, 3.05) is 7.11 Å². The Balaban J connectivity index is 1.56. The molecule has 0 atom stereocenters. The summed E-state index contributed by atoms with van der Waals surface area (Å²) in [6.45, 7) is 2.33. The van der Waals surface area contributed by atoms with Crippen LogP contribution in [0.5, 0.6) is 11.5 Å². The summed E-state index contributed by atoms with van der Waals surface area (Å²) in [5.74, 6) is 2.81. The standard InChI is InChI=1S/C20H19N5O2/c1-3-14-8-9-21-19(10-14)25-20(22-23-24-25)13-27-18-7-5-15-4-6-17(26-2)11-16(15)12-18/h4-12H,3,13H2,1-2H3. The minimum atomic E-state index is 0.237. The van der Waals surface area contributed by atoms with E-state index in [1.54, 1.807) is 18.0 Å². The van der Waals surface area contributed by atoms with E-state index in [0.29, 0.717) is 11.6 Å². The Hall–Kier alpha value is -3.48. The number of benzene rings is 2. The first kappa shape index (κ1) is 17.0.